The molecule has 1 unspecified atom stereocenters. The average Bonchev–Trinajstić information content (AvgIpc) is 2.91. The van der Waals surface area contributed by atoms with E-state index in [-0.39, 0.29) is 30.3 Å². The van der Waals surface area contributed by atoms with E-state index in [9.17, 15) is 10.1 Å². The van der Waals surface area contributed by atoms with E-state index in [1.54, 1.807) is 18.2 Å². The van der Waals surface area contributed by atoms with Crippen LogP contribution in [0.15, 0.2) is 72.8 Å². The Morgan fingerprint density at radius 1 is 1.03 bits per heavy atom. The van der Waals surface area contributed by atoms with Crippen LogP contribution in [0, 0.1) is 17.2 Å². The molecule has 1 aliphatic rings. The molecule has 1 aliphatic heterocycles. The number of halogens is 1. The SMILES string of the molecule is CC(C)Oc1ccc(C(=O)C[C@@H](Cc2ccc(-c3ccccc3)cc2)C(C#N)N2CCOCC2)cc1Cl. The molecule has 0 saturated carbocycles. The van der Waals surface area contributed by atoms with Gasteiger partial charge < -0.3 is 9.47 Å². The second kappa shape index (κ2) is 12.9. The maximum Gasteiger partial charge on any atom is 0.163 e. The lowest BCUT2D eigenvalue weighted by Gasteiger charge is -2.35. The van der Waals surface area contributed by atoms with E-state index in [0.717, 1.165) is 16.7 Å². The molecule has 0 N–H and O–H groups in total. The van der Waals surface area contributed by atoms with Gasteiger partial charge in [-0.05, 0) is 61.1 Å². The Morgan fingerprint density at radius 2 is 1.70 bits per heavy atom. The van der Waals surface area contributed by atoms with Crippen molar-refractivity contribution in [2.24, 2.45) is 5.92 Å². The minimum Gasteiger partial charge on any atom is -0.489 e. The van der Waals surface area contributed by atoms with Gasteiger partial charge in [-0.2, -0.15) is 5.26 Å². The molecule has 0 spiro atoms. The fourth-order valence-electron chi connectivity index (χ4n) is 4.78. The Balaban J connectivity index is 1.55. The van der Waals surface area contributed by atoms with Crippen LogP contribution < -0.4 is 4.74 Å². The van der Waals surface area contributed by atoms with E-state index in [1.165, 1.54) is 0 Å². The minimum atomic E-state index is -0.388. The summed E-state index contributed by atoms with van der Waals surface area (Å²) in [6.45, 7) is 6.42. The van der Waals surface area contributed by atoms with Crippen LogP contribution >= 0.6 is 11.6 Å². The number of ketones is 1. The van der Waals surface area contributed by atoms with Gasteiger partial charge in [-0.25, -0.2) is 0 Å². The zero-order valence-electron chi connectivity index (χ0n) is 21.4. The predicted molar refractivity (Wildman–Crippen MR) is 147 cm³/mol. The summed E-state index contributed by atoms with van der Waals surface area (Å²) in [6.07, 6.45) is 0.858. The summed E-state index contributed by atoms with van der Waals surface area (Å²) < 4.78 is 11.2. The number of Topliss-reactive ketones (excluding diaryl/α,β-unsaturated/α-hetero) is 1. The van der Waals surface area contributed by atoms with Crippen molar-refractivity contribution in [3.05, 3.63) is 88.9 Å². The molecule has 0 aliphatic carbocycles. The van der Waals surface area contributed by atoms with E-state index >= 15 is 0 Å². The van der Waals surface area contributed by atoms with Gasteiger partial charge in [-0.3, -0.25) is 9.69 Å². The van der Waals surface area contributed by atoms with Gasteiger partial charge >= 0.3 is 0 Å². The number of ether oxygens (including phenoxy) is 2. The summed E-state index contributed by atoms with van der Waals surface area (Å²) in [4.78, 5) is 15.6. The Hall–Kier alpha value is -3.17. The van der Waals surface area contributed by atoms with Crippen LogP contribution in [0.3, 0.4) is 0 Å². The fourth-order valence-corrected chi connectivity index (χ4v) is 5.01. The number of benzene rings is 3. The summed E-state index contributed by atoms with van der Waals surface area (Å²) in [6, 6.07) is 25.9. The van der Waals surface area contributed by atoms with Crippen molar-refractivity contribution in [2.45, 2.75) is 38.8 Å². The monoisotopic (exact) mass is 516 g/mol. The molecule has 1 heterocycles. The number of nitriles is 1. The van der Waals surface area contributed by atoms with E-state index in [4.69, 9.17) is 21.1 Å². The van der Waals surface area contributed by atoms with Crippen LogP contribution in [0.4, 0.5) is 0 Å². The highest BCUT2D eigenvalue weighted by molar-refractivity contribution is 6.32. The third-order valence-corrected chi connectivity index (χ3v) is 6.94. The molecule has 5 nitrogen and oxygen atoms in total. The molecule has 3 aromatic rings. The van der Waals surface area contributed by atoms with E-state index in [2.05, 4.69) is 47.4 Å². The van der Waals surface area contributed by atoms with Crippen molar-refractivity contribution in [1.82, 2.24) is 4.90 Å². The average molecular weight is 517 g/mol. The predicted octanol–water partition coefficient (Wildman–Crippen LogP) is 6.45. The molecule has 192 valence electrons. The third-order valence-electron chi connectivity index (χ3n) is 6.64. The highest BCUT2D eigenvalue weighted by Gasteiger charge is 2.31. The normalized spacial score (nSPS) is 15.6. The number of nitrogens with zero attached hydrogens (tertiary/aromatic N) is 2. The standard InChI is InChI=1S/C31H33ClN2O3/c1-22(2)37-31-13-12-26(19-28(31)32)30(35)20-27(29(21-33)34-14-16-36-17-15-34)18-23-8-10-25(11-9-23)24-6-4-3-5-7-24/h3-13,19,22,27,29H,14-18,20H2,1-2H3/t27-,29?/m1/s1. The molecule has 0 amide bonds. The van der Waals surface area contributed by atoms with Crippen molar-refractivity contribution >= 4 is 17.4 Å². The Labute approximate surface area is 224 Å². The quantitative estimate of drug-likeness (QED) is 0.290. The van der Waals surface area contributed by atoms with Crippen LogP contribution in [-0.4, -0.2) is 49.1 Å². The highest BCUT2D eigenvalue weighted by atomic mass is 35.5. The second-order valence-corrected chi connectivity index (χ2v) is 10.1. The van der Waals surface area contributed by atoms with Crippen molar-refractivity contribution in [1.29, 1.82) is 5.26 Å². The molecule has 3 aromatic carbocycles. The third kappa shape index (κ3) is 7.20. The first-order chi connectivity index (χ1) is 17.9. The number of rotatable bonds is 10. The first kappa shape index (κ1) is 26.9. The highest BCUT2D eigenvalue weighted by Crippen LogP contribution is 2.29. The largest absolute Gasteiger partial charge is 0.489 e. The second-order valence-electron chi connectivity index (χ2n) is 9.69. The lowest BCUT2D eigenvalue weighted by Crippen LogP contribution is -2.47. The number of hydrogen-bond acceptors (Lipinski definition) is 5. The number of morpholine rings is 1. The van der Waals surface area contributed by atoms with Gasteiger partial charge in [0, 0.05) is 25.1 Å². The lowest BCUT2D eigenvalue weighted by atomic mass is 9.85. The molecule has 6 heteroatoms. The molecule has 37 heavy (non-hydrogen) atoms. The van der Waals surface area contributed by atoms with Gasteiger partial charge in [-0.15, -0.1) is 0 Å². The van der Waals surface area contributed by atoms with Gasteiger partial charge in [-0.1, -0.05) is 66.2 Å². The van der Waals surface area contributed by atoms with Gasteiger partial charge in [0.15, 0.2) is 5.78 Å². The van der Waals surface area contributed by atoms with Crippen LogP contribution in [0.1, 0.15) is 36.2 Å². The fraction of sp³-hybridized carbons (Fsp3) is 0.355. The summed E-state index contributed by atoms with van der Waals surface area (Å²) in [7, 11) is 0. The minimum absolute atomic E-state index is 0.0124. The van der Waals surface area contributed by atoms with E-state index < -0.39 is 0 Å². The maximum absolute atomic E-state index is 13.4. The van der Waals surface area contributed by atoms with Gasteiger partial charge in [0.2, 0.25) is 0 Å². The molecular weight excluding hydrogens is 484 g/mol. The zero-order valence-corrected chi connectivity index (χ0v) is 22.2. The molecule has 0 aromatic heterocycles. The molecule has 1 fully saturated rings. The van der Waals surface area contributed by atoms with Crippen LogP contribution in [-0.2, 0) is 11.2 Å². The van der Waals surface area contributed by atoms with Crippen LogP contribution in [0.25, 0.3) is 11.1 Å². The van der Waals surface area contributed by atoms with Gasteiger partial charge in [0.25, 0.3) is 0 Å². The number of carbonyl (C=O) groups is 1. The van der Waals surface area contributed by atoms with E-state index in [0.29, 0.717) is 49.1 Å². The molecule has 1 saturated heterocycles. The molecule has 4 rings (SSSR count). The number of carbonyl (C=O) groups excluding carboxylic acids is 1. The van der Waals surface area contributed by atoms with Crippen LogP contribution in [0.2, 0.25) is 5.02 Å². The Kier molecular flexibility index (Phi) is 9.35. The maximum atomic E-state index is 13.4. The van der Waals surface area contributed by atoms with Crippen LogP contribution in [0.5, 0.6) is 5.75 Å². The van der Waals surface area contributed by atoms with E-state index in [1.807, 2.05) is 32.0 Å². The molecule has 2 atom stereocenters. The molecule has 0 bridgehead atoms. The van der Waals surface area contributed by atoms with Crippen molar-refractivity contribution in [3.63, 3.8) is 0 Å². The summed E-state index contributed by atoms with van der Waals surface area (Å²) >= 11 is 6.41. The van der Waals surface area contributed by atoms with Crippen molar-refractivity contribution in [2.75, 3.05) is 26.3 Å². The summed E-state index contributed by atoms with van der Waals surface area (Å²) in [5, 5.41) is 10.6. The topological polar surface area (TPSA) is 62.6 Å². The Morgan fingerprint density at radius 3 is 2.32 bits per heavy atom. The molecular formula is C31H33ClN2O3. The summed E-state index contributed by atoms with van der Waals surface area (Å²) in [5.74, 6) is 0.354. The first-order valence-electron chi connectivity index (χ1n) is 12.8. The number of hydrogen-bond donors (Lipinski definition) is 0. The lowest BCUT2D eigenvalue weighted by molar-refractivity contribution is 0.0153. The molecule has 0 radical (unpaired) electrons. The smallest absolute Gasteiger partial charge is 0.163 e. The van der Waals surface area contributed by atoms with Crippen molar-refractivity contribution in [3.8, 4) is 22.9 Å². The van der Waals surface area contributed by atoms with Gasteiger partial charge in [0.05, 0.1) is 30.4 Å². The Bertz CT molecular complexity index is 1220. The van der Waals surface area contributed by atoms with Crippen molar-refractivity contribution < 1.29 is 14.3 Å². The first-order valence-corrected chi connectivity index (χ1v) is 13.2. The van der Waals surface area contributed by atoms with Gasteiger partial charge in [0.1, 0.15) is 11.8 Å². The summed E-state index contributed by atoms with van der Waals surface area (Å²) in [5.41, 5.74) is 3.93. The zero-order chi connectivity index (χ0) is 26.2.